The van der Waals surface area contributed by atoms with Crippen molar-refractivity contribution in [3.63, 3.8) is 0 Å². The van der Waals surface area contributed by atoms with E-state index in [1.54, 1.807) is 14.0 Å². The van der Waals surface area contributed by atoms with Gasteiger partial charge in [-0.1, -0.05) is 0 Å². The third-order valence-corrected chi connectivity index (χ3v) is 7.31. The number of aromatic nitrogens is 4. The fourth-order valence-electron chi connectivity index (χ4n) is 3.40. The Morgan fingerprint density at radius 2 is 1.71 bits per heavy atom. The molecule has 2 aromatic rings. The first-order chi connectivity index (χ1) is 14.4. The third-order valence-electron chi connectivity index (χ3n) is 5.31. The first-order valence-electron chi connectivity index (χ1n) is 9.38. The van der Waals surface area contributed by atoms with Gasteiger partial charge in [0.15, 0.2) is 0 Å². The van der Waals surface area contributed by atoms with Crippen LogP contribution in [0.25, 0.3) is 0 Å². The second-order valence-corrected chi connectivity index (χ2v) is 9.07. The first-order valence-corrected chi connectivity index (χ1v) is 10.8. The van der Waals surface area contributed by atoms with E-state index in [0.717, 1.165) is 0 Å². The van der Waals surface area contributed by atoms with E-state index in [4.69, 9.17) is 0 Å². The highest BCUT2D eigenvalue weighted by Crippen LogP contribution is 2.28. The summed E-state index contributed by atoms with van der Waals surface area (Å²) in [6.45, 7) is 2.96. The Balaban J connectivity index is 1.73. The molecule has 0 spiro atoms. The van der Waals surface area contributed by atoms with Gasteiger partial charge in [-0.05, 0) is 19.9 Å². The summed E-state index contributed by atoms with van der Waals surface area (Å²) in [6, 6.07) is -0.667. The van der Waals surface area contributed by atoms with Gasteiger partial charge in [0, 0.05) is 33.2 Å². The summed E-state index contributed by atoms with van der Waals surface area (Å²) in [6.07, 6.45) is -4.88. The molecule has 0 aromatic carbocycles. The predicted molar refractivity (Wildman–Crippen MR) is 100 cm³/mol. The maximum atomic E-state index is 13.2. The number of halogens is 4. The fourth-order valence-corrected chi connectivity index (χ4v) is 5.01. The van der Waals surface area contributed by atoms with Crippen molar-refractivity contribution in [1.29, 1.82) is 0 Å². The number of rotatable bonds is 6. The predicted octanol–water partition coefficient (Wildman–Crippen LogP) is 1.89. The number of amides is 1. The van der Waals surface area contributed by atoms with Gasteiger partial charge in [0.2, 0.25) is 15.9 Å². The fraction of sp³-hybridized carbons (Fsp3) is 0.588. The summed E-state index contributed by atoms with van der Waals surface area (Å²) in [4.78, 5) is 14.2. The lowest BCUT2D eigenvalue weighted by molar-refractivity contribution is -0.135. The number of sulfonamides is 1. The van der Waals surface area contributed by atoms with Gasteiger partial charge in [-0.25, -0.2) is 26.0 Å². The van der Waals surface area contributed by atoms with Crippen LogP contribution in [0.5, 0.6) is 0 Å². The van der Waals surface area contributed by atoms with E-state index >= 15 is 0 Å². The second kappa shape index (κ2) is 8.57. The van der Waals surface area contributed by atoms with Gasteiger partial charge in [0.1, 0.15) is 22.3 Å². The molecule has 1 fully saturated rings. The van der Waals surface area contributed by atoms with Gasteiger partial charge in [-0.3, -0.25) is 14.2 Å². The first kappa shape index (κ1) is 23.2. The topological polar surface area (TPSA) is 93.3 Å². The highest BCUT2D eigenvalue weighted by molar-refractivity contribution is 7.89. The van der Waals surface area contributed by atoms with E-state index < -0.39 is 46.2 Å². The summed E-state index contributed by atoms with van der Waals surface area (Å²) < 4.78 is 81.2. The number of nitrogens with zero attached hydrogens (tertiary/aromatic N) is 6. The van der Waals surface area contributed by atoms with Crippen molar-refractivity contribution in [2.45, 2.75) is 37.6 Å². The zero-order valence-electron chi connectivity index (χ0n) is 17.0. The van der Waals surface area contributed by atoms with Crippen LogP contribution in [-0.4, -0.2) is 69.3 Å². The van der Waals surface area contributed by atoms with Crippen LogP contribution in [0.4, 0.5) is 17.6 Å². The van der Waals surface area contributed by atoms with Crippen molar-refractivity contribution < 1.29 is 30.8 Å². The lowest BCUT2D eigenvalue weighted by Gasteiger charge is -2.35. The molecule has 31 heavy (non-hydrogen) atoms. The molecule has 9 nitrogen and oxygen atoms in total. The van der Waals surface area contributed by atoms with Crippen LogP contribution in [0, 0.1) is 6.92 Å². The largest absolute Gasteiger partial charge is 0.338 e. The van der Waals surface area contributed by atoms with Crippen LogP contribution in [0.3, 0.4) is 0 Å². The zero-order chi connectivity index (χ0) is 23.1. The summed E-state index contributed by atoms with van der Waals surface area (Å²) in [5, 5.41) is 7.41. The van der Waals surface area contributed by atoms with Crippen molar-refractivity contribution >= 4 is 15.9 Å². The van der Waals surface area contributed by atoms with Crippen molar-refractivity contribution in [2.24, 2.45) is 7.05 Å². The summed E-state index contributed by atoms with van der Waals surface area (Å²) >= 11 is 0. The number of piperazine rings is 1. The van der Waals surface area contributed by atoms with Crippen molar-refractivity contribution in [3.05, 3.63) is 29.3 Å². The molecule has 1 amide bonds. The number of carbonyl (C=O) groups is 1. The smallest absolute Gasteiger partial charge is 0.282 e. The van der Waals surface area contributed by atoms with E-state index in [2.05, 4.69) is 10.2 Å². The monoisotopic (exact) mass is 466 g/mol. The third kappa shape index (κ3) is 4.31. The van der Waals surface area contributed by atoms with Gasteiger partial charge < -0.3 is 4.90 Å². The van der Waals surface area contributed by atoms with E-state index in [1.807, 2.05) is 0 Å². The highest BCUT2D eigenvalue weighted by Gasteiger charge is 2.35. The number of aryl methyl sites for hydroxylation is 1. The molecule has 1 saturated heterocycles. The van der Waals surface area contributed by atoms with Gasteiger partial charge in [-0.2, -0.15) is 14.5 Å². The van der Waals surface area contributed by atoms with E-state index in [1.165, 1.54) is 27.0 Å². The SMILES string of the molecule is Cc1c(S(=O)(=O)N2CCN(C(=O)C(C)n3nc(C(F)F)cc3C(F)F)CC2)cnn1C. The summed E-state index contributed by atoms with van der Waals surface area (Å²) in [5.41, 5.74) is -1.14. The van der Waals surface area contributed by atoms with Crippen LogP contribution in [0.2, 0.25) is 0 Å². The molecule has 14 heteroatoms. The molecule has 2 aromatic heterocycles. The minimum absolute atomic E-state index is 0.00176. The molecular weight excluding hydrogens is 444 g/mol. The molecule has 1 unspecified atom stereocenters. The Hall–Kier alpha value is -2.48. The highest BCUT2D eigenvalue weighted by atomic mass is 32.2. The van der Waals surface area contributed by atoms with E-state index in [-0.39, 0.29) is 31.1 Å². The summed E-state index contributed by atoms with van der Waals surface area (Å²) in [7, 11) is -2.19. The maximum absolute atomic E-state index is 13.2. The molecule has 0 aliphatic carbocycles. The van der Waals surface area contributed by atoms with Crippen LogP contribution in [0.1, 0.15) is 42.9 Å². The Morgan fingerprint density at radius 3 is 2.19 bits per heavy atom. The van der Waals surface area contributed by atoms with Crippen molar-refractivity contribution in [2.75, 3.05) is 26.2 Å². The van der Waals surface area contributed by atoms with Crippen LogP contribution in [-0.2, 0) is 21.9 Å². The minimum atomic E-state index is -3.81. The normalized spacial score (nSPS) is 17.0. The molecule has 1 aliphatic rings. The Kier molecular flexibility index (Phi) is 6.41. The number of hydrogen-bond donors (Lipinski definition) is 0. The molecular formula is C17H22F4N6O3S. The minimum Gasteiger partial charge on any atom is -0.338 e. The number of carbonyl (C=O) groups excluding carboxylic acids is 1. The molecule has 0 N–H and O–H groups in total. The zero-order valence-corrected chi connectivity index (χ0v) is 17.9. The lowest BCUT2D eigenvalue weighted by atomic mass is 10.2. The second-order valence-electron chi connectivity index (χ2n) is 7.16. The van der Waals surface area contributed by atoms with E-state index in [0.29, 0.717) is 16.4 Å². The van der Waals surface area contributed by atoms with E-state index in [9.17, 15) is 30.8 Å². The maximum Gasteiger partial charge on any atom is 0.282 e. The van der Waals surface area contributed by atoms with Crippen molar-refractivity contribution in [1.82, 2.24) is 28.8 Å². The van der Waals surface area contributed by atoms with Gasteiger partial charge in [0.05, 0.1) is 11.9 Å². The number of hydrogen-bond acceptors (Lipinski definition) is 5. The Morgan fingerprint density at radius 1 is 1.10 bits per heavy atom. The molecule has 0 radical (unpaired) electrons. The van der Waals surface area contributed by atoms with Gasteiger partial charge in [-0.15, -0.1) is 0 Å². The number of alkyl halides is 4. The molecule has 3 heterocycles. The average molecular weight is 466 g/mol. The standard InChI is InChI=1S/C17H22F4N6O3S/c1-10-14(9-22-24(10)3)31(29,30)26-6-4-25(5-7-26)17(28)11(2)27-13(16(20)21)8-12(23-27)15(18)19/h8-9,11,15-16H,4-7H2,1-3H3. The van der Waals surface area contributed by atoms with Crippen LogP contribution >= 0.6 is 0 Å². The van der Waals surface area contributed by atoms with Gasteiger partial charge >= 0.3 is 0 Å². The molecule has 1 aliphatic heterocycles. The molecule has 3 rings (SSSR count). The Labute approximate surface area is 176 Å². The summed E-state index contributed by atoms with van der Waals surface area (Å²) in [5.74, 6) is -0.611. The molecule has 0 saturated carbocycles. The Bertz CT molecular complexity index is 1060. The molecule has 1 atom stereocenters. The molecule has 0 bridgehead atoms. The van der Waals surface area contributed by atoms with Crippen LogP contribution < -0.4 is 0 Å². The van der Waals surface area contributed by atoms with Crippen LogP contribution in [0.15, 0.2) is 17.2 Å². The lowest BCUT2D eigenvalue weighted by Crippen LogP contribution is -2.52. The van der Waals surface area contributed by atoms with Crippen molar-refractivity contribution in [3.8, 4) is 0 Å². The van der Waals surface area contributed by atoms with Gasteiger partial charge in [0.25, 0.3) is 12.9 Å². The average Bonchev–Trinajstić information content (AvgIpc) is 3.32. The quantitative estimate of drug-likeness (QED) is 0.607. The molecule has 172 valence electrons.